The Labute approximate surface area is 98.6 Å². The van der Waals surface area contributed by atoms with E-state index in [1.165, 1.54) is 0 Å². The second kappa shape index (κ2) is 5.67. The molecule has 0 spiro atoms. The smallest absolute Gasteiger partial charge is 0.323 e. The molecule has 0 aromatic rings. The van der Waals surface area contributed by atoms with Gasteiger partial charge in [0.05, 0.1) is 0 Å². The average Bonchev–Trinajstić information content (AvgIpc) is 2.28. The SMILES string of the molecule is CCC(CC)NC1(C(=O)O)CCC(C)CC1. The van der Waals surface area contributed by atoms with Gasteiger partial charge < -0.3 is 5.11 Å². The van der Waals surface area contributed by atoms with Gasteiger partial charge in [0.15, 0.2) is 0 Å². The molecule has 2 N–H and O–H groups in total. The molecule has 16 heavy (non-hydrogen) atoms. The molecular weight excluding hydrogens is 202 g/mol. The second-order valence-corrected chi connectivity index (χ2v) is 5.23. The van der Waals surface area contributed by atoms with Crippen LogP contribution in [0, 0.1) is 5.92 Å². The minimum atomic E-state index is -0.661. The van der Waals surface area contributed by atoms with Gasteiger partial charge in [0, 0.05) is 6.04 Å². The van der Waals surface area contributed by atoms with E-state index in [-0.39, 0.29) is 0 Å². The van der Waals surface area contributed by atoms with Crippen molar-refractivity contribution in [1.29, 1.82) is 0 Å². The van der Waals surface area contributed by atoms with Crippen molar-refractivity contribution in [3.63, 3.8) is 0 Å². The molecule has 0 saturated heterocycles. The first-order valence-electron chi connectivity index (χ1n) is 6.55. The van der Waals surface area contributed by atoms with Gasteiger partial charge in [-0.15, -0.1) is 0 Å². The number of carbonyl (C=O) groups is 1. The van der Waals surface area contributed by atoms with Crippen molar-refractivity contribution >= 4 is 5.97 Å². The van der Waals surface area contributed by atoms with E-state index in [9.17, 15) is 9.90 Å². The summed E-state index contributed by atoms with van der Waals surface area (Å²) in [6.07, 6.45) is 5.61. The molecule has 1 saturated carbocycles. The zero-order valence-electron chi connectivity index (χ0n) is 10.8. The second-order valence-electron chi connectivity index (χ2n) is 5.23. The third kappa shape index (κ3) is 2.97. The largest absolute Gasteiger partial charge is 0.480 e. The number of rotatable bonds is 5. The van der Waals surface area contributed by atoms with E-state index < -0.39 is 11.5 Å². The molecule has 3 heteroatoms. The molecule has 1 aliphatic carbocycles. The van der Waals surface area contributed by atoms with E-state index in [1.54, 1.807) is 0 Å². The first-order chi connectivity index (χ1) is 7.54. The van der Waals surface area contributed by atoms with E-state index in [1.807, 2.05) is 0 Å². The fraction of sp³-hybridized carbons (Fsp3) is 0.923. The Hall–Kier alpha value is -0.570. The number of carboxylic acid groups (broad SMARTS) is 1. The molecule has 3 nitrogen and oxygen atoms in total. The number of nitrogens with one attached hydrogen (secondary N) is 1. The van der Waals surface area contributed by atoms with Gasteiger partial charge >= 0.3 is 5.97 Å². The Morgan fingerprint density at radius 1 is 1.38 bits per heavy atom. The van der Waals surface area contributed by atoms with Crippen molar-refractivity contribution < 1.29 is 9.90 Å². The molecule has 0 radical (unpaired) electrons. The third-order valence-electron chi connectivity index (χ3n) is 4.00. The maximum atomic E-state index is 11.5. The highest BCUT2D eigenvalue weighted by molar-refractivity contribution is 5.79. The van der Waals surface area contributed by atoms with Crippen LogP contribution in [0.1, 0.15) is 59.3 Å². The summed E-state index contributed by atoms with van der Waals surface area (Å²) in [4.78, 5) is 11.5. The van der Waals surface area contributed by atoms with Crippen LogP contribution in [-0.2, 0) is 4.79 Å². The van der Waals surface area contributed by atoms with Gasteiger partial charge in [-0.05, 0) is 44.4 Å². The lowest BCUT2D eigenvalue weighted by Gasteiger charge is -2.39. The van der Waals surface area contributed by atoms with E-state index >= 15 is 0 Å². The summed E-state index contributed by atoms with van der Waals surface area (Å²) in [6.45, 7) is 6.44. The van der Waals surface area contributed by atoms with Crippen molar-refractivity contribution in [3.8, 4) is 0 Å². The summed E-state index contributed by atoms with van der Waals surface area (Å²) in [7, 11) is 0. The fourth-order valence-electron chi connectivity index (χ4n) is 2.56. The van der Waals surface area contributed by atoms with Gasteiger partial charge in [-0.1, -0.05) is 20.8 Å². The molecule has 0 aromatic heterocycles. The van der Waals surface area contributed by atoms with E-state index in [4.69, 9.17) is 0 Å². The van der Waals surface area contributed by atoms with Crippen molar-refractivity contribution in [3.05, 3.63) is 0 Å². The lowest BCUT2D eigenvalue weighted by atomic mass is 9.76. The van der Waals surface area contributed by atoms with Crippen LogP contribution >= 0.6 is 0 Å². The molecule has 0 aromatic carbocycles. The molecule has 0 heterocycles. The lowest BCUT2D eigenvalue weighted by molar-refractivity contribution is -0.147. The molecule has 0 aliphatic heterocycles. The Kier molecular flexibility index (Phi) is 4.78. The summed E-state index contributed by atoms with van der Waals surface area (Å²) in [6, 6.07) is 0.338. The van der Waals surface area contributed by atoms with E-state index in [0.717, 1.165) is 38.5 Å². The van der Waals surface area contributed by atoms with E-state index in [2.05, 4.69) is 26.1 Å². The van der Waals surface area contributed by atoms with Gasteiger partial charge in [-0.25, -0.2) is 0 Å². The predicted octanol–water partition coefficient (Wildman–Crippen LogP) is 2.80. The van der Waals surface area contributed by atoms with Crippen LogP contribution in [0.2, 0.25) is 0 Å². The van der Waals surface area contributed by atoms with Crippen LogP contribution in [0.15, 0.2) is 0 Å². The highest BCUT2D eigenvalue weighted by atomic mass is 16.4. The van der Waals surface area contributed by atoms with Gasteiger partial charge in [-0.2, -0.15) is 0 Å². The summed E-state index contributed by atoms with van der Waals surface area (Å²) in [5, 5.41) is 12.8. The van der Waals surface area contributed by atoms with Gasteiger partial charge in [0.2, 0.25) is 0 Å². The Balaban J connectivity index is 2.69. The number of carboxylic acids is 1. The normalized spacial score (nSPS) is 30.6. The summed E-state index contributed by atoms with van der Waals surface area (Å²) < 4.78 is 0. The molecule has 0 atom stereocenters. The topological polar surface area (TPSA) is 49.3 Å². The number of aliphatic carboxylic acids is 1. The summed E-state index contributed by atoms with van der Waals surface area (Å²) in [5.74, 6) is 0.0160. The fourth-order valence-corrected chi connectivity index (χ4v) is 2.56. The zero-order chi connectivity index (χ0) is 12.2. The first-order valence-corrected chi connectivity index (χ1v) is 6.55. The standard InChI is InChI=1S/C13H25NO2/c1-4-11(5-2)14-13(12(15)16)8-6-10(3)7-9-13/h10-11,14H,4-9H2,1-3H3,(H,15,16). The summed E-state index contributed by atoms with van der Waals surface area (Å²) >= 11 is 0. The Bertz CT molecular complexity index is 228. The Morgan fingerprint density at radius 3 is 2.25 bits per heavy atom. The highest BCUT2D eigenvalue weighted by Crippen LogP contribution is 2.32. The van der Waals surface area contributed by atoms with E-state index in [0.29, 0.717) is 12.0 Å². The van der Waals surface area contributed by atoms with Crippen LogP contribution in [-0.4, -0.2) is 22.7 Å². The monoisotopic (exact) mass is 227 g/mol. The number of hydrogen-bond donors (Lipinski definition) is 2. The van der Waals surface area contributed by atoms with Crippen molar-refractivity contribution in [2.45, 2.75) is 70.9 Å². The Morgan fingerprint density at radius 2 is 1.88 bits per heavy atom. The lowest BCUT2D eigenvalue weighted by Crippen LogP contribution is -2.57. The van der Waals surface area contributed by atoms with Gasteiger partial charge in [0.25, 0.3) is 0 Å². The molecule has 0 bridgehead atoms. The highest BCUT2D eigenvalue weighted by Gasteiger charge is 2.41. The van der Waals surface area contributed by atoms with Gasteiger partial charge in [-0.3, -0.25) is 10.1 Å². The molecular formula is C13H25NO2. The maximum absolute atomic E-state index is 11.5. The molecule has 0 amide bonds. The quantitative estimate of drug-likeness (QED) is 0.759. The van der Waals surface area contributed by atoms with Gasteiger partial charge in [0.1, 0.15) is 5.54 Å². The van der Waals surface area contributed by atoms with Crippen LogP contribution in [0.25, 0.3) is 0 Å². The minimum absolute atomic E-state index is 0.338. The van der Waals surface area contributed by atoms with Crippen LogP contribution in [0.5, 0.6) is 0 Å². The maximum Gasteiger partial charge on any atom is 0.323 e. The predicted molar refractivity (Wildman–Crippen MR) is 65.5 cm³/mol. The van der Waals surface area contributed by atoms with Crippen LogP contribution in [0.3, 0.4) is 0 Å². The van der Waals surface area contributed by atoms with Crippen molar-refractivity contribution in [2.24, 2.45) is 5.92 Å². The molecule has 0 unspecified atom stereocenters. The van der Waals surface area contributed by atoms with Crippen molar-refractivity contribution in [2.75, 3.05) is 0 Å². The molecule has 1 rings (SSSR count). The molecule has 94 valence electrons. The molecule has 1 fully saturated rings. The summed E-state index contributed by atoms with van der Waals surface area (Å²) in [5.41, 5.74) is -0.650. The van der Waals surface area contributed by atoms with Crippen LogP contribution in [0.4, 0.5) is 0 Å². The zero-order valence-corrected chi connectivity index (χ0v) is 10.8. The minimum Gasteiger partial charge on any atom is -0.480 e. The van der Waals surface area contributed by atoms with Crippen molar-refractivity contribution in [1.82, 2.24) is 5.32 Å². The number of hydrogen-bond acceptors (Lipinski definition) is 2. The first kappa shape index (κ1) is 13.5. The molecule has 1 aliphatic rings. The third-order valence-corrected chi connectivity index (χ3v) is 4.00. The average molecular weight is 227 g/mol. The van der Waals surface area contributed by atoms with Crippen LogP contribution < -0.4 is 5.32 Å².